The zero-order chi connectivity index (χ0) is 13.4. The second-order valence-corrected chi connectivity index (χ2v) is 5.45. The average Bonchev–Trinajstić information content (AvgIpc) is 2.43. The lowest BCUT2D eigenvalue weighted by Gasteiger charge is -2.43. The maximum atomic E-state index is 5.31. The summed E-state index contributed by atoms with van der Waals surface area (Å²) in [6.07, 6.45) is 7.91. The summed E-state index contributed by atoms with van der Waals surface area (Å²) in [5.74, 6) is 0. The van der Waals surface area contributed by atoms with E-state index in [1.807, 2.05) is 7.11 Å². The Bertz CT molecular complexity index is 207. The summed E-state index contributed by atoms with van der Waals surface area (Å²) in [5.41, 5.74) is 0. The van der Waals surface area contributed by atoms with Gasteiger partial charge in [0.25, 0.3) is 0 Å². The minimum absolute atomic E-state index is 0.663. The summed E-state index contributed by atoms with van der Waals surface area (Å²) in [4.78, 5) is 2.71. The van der Waals surface area contributed by atoms with Crippen LogP contribution in [-0.4, -0.2) is 50.3 Å². The quantitative estimate of drug-likeness (QED) is 0.722. The number of nitrogens with one attached hydrogen (secondary N) is 1. The lowest BCUT2D eigenvalue weighted by Crippen LogP contribution is -2.55. The molecule has 1 N–H and O–H groups in total. The highest BCUT2D eigenvalue weighted by molar-refractivity contribution is 4.90. The average molecular weight is 256 g/mol. The van der Waals surface area contributed by atoms with E-state index in [4.69, 9.17) is 4.74 Å². The molecule has 1 aliphatic carbocycles. The van der Waals surface area contributed by atoms with E-state index >= 15 is 0 Å². The van der Waals surface area contributed by atoms with Gasteiger partial charge in [-0.2, -0.15) is 0 Å². The van der Waals surface area contributed by atoms with Gasteiger partial charge in [-0.1, -0.05) is 26.7 Å². The Kier molecular flexibility index (Phi) is 7.87. The van der Waals surface area contributed by atoms with Crippen molar-refractivity contribution >= 4 is 0 Å². The monoisotopic (exact) mass is 256 g/mol. The van der Waals surface area contributed by atoms with Crippen LogP contribution in [0, 0.1) is 0 Å². The Balaban J connectivity index is 2.71. The third-order valence-electron chi connectivity index (χ3n) is 4.49. The van der Waals surface area contributed by atoms with Crippen molar-refractivity contribution < 1.29 is 4.74 Å². The summed E-state index contributed by atoms with van der Waals surface area (Å²) in [6.45, 7) is 6.55. The van der Waals surface area contributed by atoms with Gasteiger partial charge in [-0.25, -0.2) is 0 Å². The Morgan fingerprint density at radius 2 is 1.89 bits per heavy atom. The van der Waals surface area contributed by atoms with Crippen LogP contribution in [-0.2, 0) is 4.74 Å². The maximum Gasteiger partial charge on any atom is 0.0589 e. The van der Waals surface area contributed by atoms with Gasteiger partial charge in [0, 0.05) is 31.8 Å². The van der Waals surface area contributed by atoms with Crippen molar-refractivity contribution in [1.82, 2.24) is 10.2 Å². The minimum Gasteiger partial charge on any atom is -0.383 e. The molecule has 0 aromatic rings. The number of likely N-dealkylation sites (N-methyl/N-ethyl adjacent to an activating group) is 1. The molecule has 18 heavy (non-hydrogen) atoms. The largest absolute Gasteiger partial charge is 0.383 e. The molecule has 0 heterocycles. The number of hydrogen-bond donors (Lipinski definition) is 1. The highest BCUT2D eigenvalue weighted by Gasteiger charge is 2.31. The van der Waals surface area contributed by atoms with Crippen LogP contribution >= 0.6 is 0 Å². The molecule has 2 unspecified atom stereocenters. The first-order chi connectivity index (χ1) is 8.78. The smallest absolute Gasteiger partial charge is 0.0589 e. The van der Waals surface area contributed by atoms with Gasteiger partial charge >= 0.3 is 0 Å². The third kappa shape index (κ3) is 4.22. The first kappa shape index (κ1) is 15.9. The lowest BCUT2D eigenvalue weighted by molar-refractivity contribution is 0.0478. The summed E-state index contributed by atoms with van der Waals surface area (Å²) >= 11 is 0. The van der Waals surface area contributed by atoms with E-state index in [0.29, 0.717) is 18.1 Å². The zero-order valence-electron chi connectivity index (χ0n) is 12.7. The van der Waals surface area contributed by atoms with Gasteiger partial charge in [0.05, 0.1) is 6.61 Å². The molecule has 0 aromatic carbocycles. The molecule has 3 heteroatoms. The van der Waals surface area contributed by atoms with E-state index in [0.717, 1.165) is 13.2 Å². The molecule has 0 bridgehead atoms. The Labute approximate surface area is 113 Å². The van der Waals surface area contributed by atoms with Crippen LogP contribution in [0.15, 0.2) is 0 Å². The van der Waals surface area contributed by atoms with E-state index in [1.54, 1.807) is 0 Å². The molecule has 0 saturated heterocycles. The number of nitrogens with zero attached hydrogens (tertiary/aromatic N) is 1. The second kappa shape index (κ2) is 8.89. The molecular formula is C15H32N2O. The van der Waals surface area contributed by atoms with Gasteiger partial charge in [0.1, 0.15) is 0 Å². The van der Waals surface area contributed by atoms with Crippen LogP contribution in [0.4, 0.5) is 0 Å². The van der Waals surface area contributed by atoms with E-state index in [9.17, 15) is 0 Å². The van der Waals surface area contributed by atoms with Gasteiger partial charge in [0.15, 0.2) is 0 Å². The van der Waals surface area contributed by atoms with Gasteiger partial charge in [-0.15, -0.1) is 0 Å². The molecule has 1 fully saturated rings. The molecule has 0 spiro atoms. The molecule has 0 radical (unpaired) electrons. The Morgan fingerprint density at radius 3 is 2.44 bits per heavy atom. The van der Waals surface area contributed by atoms with Crippen LogP contribution in [0.2, 0.25) is 0 Å². The highest BCUT2D eigenvalue weighted by Crippen LogP contribution is 2.26. The molecule has 0 aliphatic heterocycles. The van der Waals surface area contributed by atoms with Crippen molar-refractivity contribution in [3.8, 4) is 0 Å². The van der Waals surface area contributed by atoms with Gasteiger partial charge in [0.2, 0.25) is 0 Å². The summed E-state index contributed by atoms with van der Waals surface area (Å²) in [6, 6.07) is 2.07. The fourth-order valence-electron chi connectivity index (χ4n) is 3.42. The van der Waals surface area contributed by atoms with Crippen molar-refractivity contribution in [3.63, 3.8) is 0 Å². The van der Waals surface area contributed by atoms with E-state index in [-0.39, 0.29) is 0 Å². The van der Waals surface area contributed by atoms with Crippen LogP contribution in [0.5, 0.6) is 0 Å². The standard InChI is InChI=1S/C15H32N2O/c1-5-13(6-2)17(11-12-18-4)15-10-8-7-9-14(15)16-3/h13-16H,5-12H2,1-4H3. The van der Waals surface area contributed by atoms with Crippen molar-refractivity contribution in [3.05, 3.63) is 0 Å². The molecule has 2 atom stereocenters. The molecule has 0 amide bonds. The number of rotatable bonds is 8. The predicted molar refractivity (Wildman–Crippen MR) is 78.1 cm³/mol. The fourth-order valence-corrected chi connectivity index (χ4v) is 3.42. The fraction of sp³-hybridized carbons (Fsp3) is 1.00. The molecular weight excluding hydrogens is 224 g/mol. The molecule has 1 aliphatic rings. The number of hydrogen-bond acceptors (Lipinski definition) is 3. The van der Waals surface area contributed by atoms with Gasteiger partial charge in [-0.05, 0) is 32.7 Å². The van der Waals surface area contributed by atoms with Crippen LogP contribution in [0.25, 0.3) is 0 Å². The number of ether oxygens (including phenoxy) is 1. The molecule has 0 aromatic heterocycles. The highest BCUT2D eigenvalue weighted by atomic mass is 16.5. The molecule has 1 rings (SSSR count). The minimum atomic E-state index is 0.663. The van der Waals surface area contributed by atoms with Gasteiger partial charge in [-0.3, -0.25) is 4.90 Å². The molecule has 108 valence electrons. The van der Waals surface area contributed by atoms with E-state index in [2.05, 4.69) is 31.1 Å². The van der Waals surface area contributed by atoms with Crippen molar-refractivity contribution in [2.45, 2.75) is 70.5 Å². The van der Waals surface area contributed by atoms with Crippen LogP contribution < -0.4 is 5.32 Å². The molecule has 3 nitrogen and oxygen atoms in total. The predicted octanol–water partition coefficient (Wildman–Crippen LogP) is 2.65. The first-order valence-electron chi connectivity index (χ1n) is 7.70. The van der Waals surface area contributed by atoms with Crippen molar-refractivity contribution in [2.75, 3.05) is 27.3 Å². The lowest BCUT2D eigenvalue weighted by atomic mass is 9.88. The Hall–Kier alpha value is -0.120. The maximum absolute atomic E-state index is 5.31. The van der Waals surface area contributed by atoms with Gasteiger partial charge < -0.3 is 10.1 Å². The zero-order valence-corrected chi connectivity index (χ0v) is 12.7. The van der Waals surface area contributed by atoms with Crippen molar-refractivity contribution in [1.29, 1.82) is 0 Å². The van der Waals surface area contributed by atoms with Crippen LogP contribution in [0.3, 0.4) is 0 Å². The third-order valence-corrected chi connectivity index (χ3v) is 4.49. The summed E-state index contributed by atoms with van der Waals surface area (Å²) < 4.78 is 5.31. The topological polar surface area (TPSA) is 24.5 Å². The normalized spacial score (nSPS) is 25.0. The van der Waals surface area contributed by atoms with Crippen molar-refractivity contribution in [2.24, 2.45) is 0 Å². The molecule has 1 saturated carbocycles. The van der Waals surface area contributed by atoms with E-state index in [1.165, 1.54) is 38.5 Å². The SMILES string of the molecule is CCC(CC)N(CCOC)C1CCCCC1NC. The van der Waals surface area contributed by atoms with Crippen LogP contribution in [0.1, 0.15) is 52.4 Å². The Morgan fingerprint density at radius 1 is 1.22 bits per heavy atom. The summed E-state index contributed by atoms with van der Waals surface area (Å²) in [5, 5.41) is 3.53. The summed E-state index contributed by atoms with van der Waals surface area (Å²) in [7, 11) is 3.92. The van der Waals surface area contributed by atoms with E-state index < -0.39 is 0 Å². The first-order valence-corrected chi connectivity index (χ1v) is 7.70. The second-order valence-electron chi connectivity index (χ2n) is 5.45. The number of methoxy groups -OCH3 is 1.